The largest absolute Gasteiger partial charge is 0.341 e. The molecule has 0 aromatic heterocycles. The van der Waals surface area contributed by atoms with Crippen molar-refractivity contribution >= 4 is 5.91 Å². The summed E-state index contributed by atoms with van der Waals surface area (Å²) in [5.74, 6) is 0.406. The molecule has 2 heterocycles. The molecule has 0 aromatic carbocycles. The quantitative estimate of drug-likeness (QED) is 0.553. The van der Waals surface area contributed by atoms with Crippen LogP contribution in [0.15, 0.2) is 0 Å². The third-order valence-electron chi connectivity index (χ3n) is 3.56. The van der Waals surface area contributed by atoms with Crippen molar-refractivity contribution in [3.05, 3.63) is 0 Å². The van der Waals surface area contributed by atoms with E-state index in [1.165, 1.54) is 0 Å². The van der Waals surface area contributed by atoms with E-state index in [-0.39, 0.29) is 5.41 Å². The fraction of sp³-hybridized carbons (Fsp3) is 0.900. The van der Waals surface area contributed by atoms with Gasteiger partial charge in [-0.15, -0.1) is 0 Å². The van der Waals surface area contributed by atoms with Crippen molar-refractivity contribution in [1.82, 2.24) is 9.80 Å². The number of rotatable bonds is 1. The number of piperidine rings is 1. The van der Waals surface area contributed by atoms with Gasteiger partial charge in [0.25, 0.3) is 0 Å². The monoisotopic (exact) mass is 182 g/mol. The first kappa shape index (κ1) is 9.00. The lowest BCUT2D eigenvalue weighted by Crippen LogP contribution is -2.64. The van der Waals surface area contributed by atoms with E-state index in [1.54, 1.807) is 0 Å². The van der Waals surface area contributed by atoms with Crippen molar-refractivity contribution in [3.8, 4) is 0 Å². The Kier molecular flexibility index (Phi) is 2.06. The summed E-state index contributed by atoms with van der Waals surface area (Å²) in [5.41, 5.74) is 0.0581. The molecule has 0 bridgehead atoms. The van der Waals surface area contributed by atoms with Crippen LogP contribution in [0.3, 0.4) is 0 Å². The zero-order valence-electron chi connectivity index (χ0n) is 8.55. The van der Waals surface area contributed by atoms with Crippen molar-refractivity contribution in [2.45, 2.75) is 19.8 Å². The molecule has 13 heavy (non-hydrogen) atoms. The third-order valence-corrected chi connectivity index (χ3v) is 3.56. The fourth-order valence-corrected chi connectivity index (χ4v) is 2.42. The maximum Gasteiger partial charge on any atom is 0.230 e. The van der Waals surface area contributed by atoms with Crippen LogP contribution in [0, 0.1) is 5.41 Å². The fourth-order valence-electron chi connectivity index (χ4n) is 2.42. The molecule has 2 rings (SSSR count). The molecule has 0 saturated carbocycles. The molecule has 2 saturated heterocycles. The molecular formula is C10H18N2O. The molecule has 0 radical (unpaired) electrons. The highest BCUT2D eigenvalue weighted by Gasteiger charge is 2.51. The highest BCUT2D eigenvalue weighted by Crippen LogP contribution is 2.41. The van der Waals surface area contributed by atoms with E-state index in [9.17, 15) is 4.79 Å². The topological polar surface area (TPSA) is 23.6 Å². The molecule has 74 valence electrons. The lowest BCUT2D eigenvalue weighted by molar-refractivity contribution is -0.164. The van der Waals surface area contributed by atoms with Crippen LogP contribution in [-0.4, -0.2) is 48.9 Å². The Balaban J connectivity index is 1.98. The van der Waals surface area contributed by atoms with Gasteiger partial charge in [0, 0.05) is 13.1 Å². The minimum atomic E-state index is 0.0581. The summed E-state index contributed by atoms with van der Waals surface area (Å²) < 4.78 is 0. The van der Waals surface area contributed by atoms with Crippen molar-refractivity contribution in [2.75, 3.05) is 33.2 Å². The van der Waals surface area contributed by atoms with E-state index in [4.69, 9.17) is 0 Å². The number of nitrogens with zero attached hydrogens (tertiary/aromatic N) is 2. The van der Waals surface area contributed by atoms with E-state index < -0.39 is 0 Å². The van der Waals surface area contributed by atoms with Gasteiger partial charge < -0.3 is 9.80 Å². The van der Waals surface area contributed by atoms with Crippen molar-refractivity contribution in [1.29, 1.82) is 0 Å². The lowest BCUT2D eigenvalue weighted by Gasteiger charge is -2.52. The summed E-state index contributed by atoms with van der Waals surface area (Å²) in [7, 11) is 2.13. The van der Waals surface area contributed by atoms with Crippen LogP contribution >= 0.6 is 0 Å². The normalized spacial score (nSPS) is 27.8. The molecule has 2 aliphatic rings. The smallest absolute Gasteiger partial charge is 0.230 e. The standard InChI is InChI=1S/C10H18N2O/c1-3-12-8-10(9(12)13)4-6-11(2)7-5-10/h3-8H2,1-2H3. The van der Waals surface area contributed by atoms with Crippen molar-refractivity contribution in [2.24, 2.45) is 5.41 Å². The van der Waals surface area contributed by atoms with Crippen LogP contribution in [0.1, 0.15) is 19.8 Å². The van der Waals surface area contributed by atoms with Gasteiger partial charge >= 0.3 is 0 Å². The molecule has 3 nitrogen and oxygen atoms in total. The number of likely N-dealkylation sites (tertiary alicyclic amines) is 2. The molecule has 1 amide bonds. The summed E-state index contributed by atoms with van der Waals surface area (Å²) in [4.78, 5) is 16.1. The first-order valence-electron chi connectivity index (χ1n) is 5.16. The lowest BCUT2D eigenvalue weighted by atomic mass is 9.71. The first-order valence-corrected chi connectivity index (χ1v) is 5.16. The average molecular weight is 182 g/mol. The van der Waals surface area contributed by atoms with Gasteiger partial charge in [-0.2, -0.15) is 0 Å². The van der Waals surface area contributed by atoms with E-state index >= 15 is 0 Å². The Bertz CT molecular complexity index is 213. The van der Waals surface area contributed by atoms with Gasteiger partial charge in [0.2, 0.25) is 5.91 Å². The van der Waals surface area contributed by atoms with Gasteiger partial charge in [0.05, 0.1) is 5.41 Å². The van der Waals surface area contributed by atoms with Gasteiger partial charge in [-0.25, -0.2) is 0 Å². The van der Waals surface area contributed by atoms with Crippen LogP contribution in [-0.2, 0) is 4.79 Å². The summed E-state index contributed by atoms with van der Waals surface area (Å²) in [5, 5.41) is 0. The molecule has 2 fully saturated rings. The second-order valence-corrected chi connectivity index (χ2v) is 4.40. The Morgan fingerprint density at radius 3 is 2.46 bits per heavy atom. The van der Waals surface area contributed by atoms with Crippen molar-refractivity contribution in [3.63, 3.8) is 0 Å². The average Bonchev–Trinajstić information content (AvgIpc) is 2.16. The number of carbonyl (C=O) groups excluding carboxylic acids is 1. The zero-order valence-corrected chi connectivity index (χ0v) is 8.55. The van der Waals surface area contributed by atoms with Gasteiger partial charge in [0.15, 0.2) is 0 Å². The predicted molar refractivity (Wildman–Crippen MR) is 51.4 cm³/mol. The first-order chi connectivity index (χ1) is 6.18. The van der Waals surface area contributed by atoms with Crippen LogP contribution in [0.5, 0.6) is 0 Å². The molecule has 0 aliphatic carbocycles. The van der Waals surface area contributed by atoms with Gasteiger partial charge in [-0.05, 0) is 39.9 Å². The summed E-state index contributed by atoms with van der Waals surface area (Å²) in [6.07, 6.45) is 2.14. The highest BCUT2D eigenvalue weighted by atomic mass is 16.2. The number of hydrogen-bond acceptors (Lipinski definition) is 2. The Morgan fingerprint density at radius 1 is 1.38 bits per heavy atom. The predicted octanol–water partition coefficient (Wildman–Crippen LogP) is 0.560. The molecule has 1 spiro atoms. The maximum atomic E-state index is 11.8. The molecule has 0 N–H and O–H groups in total. The SMILES string of the molecule is CCN1CC2(CCN(C)CC2)C1=O. The van der Waals surface area contributed by atoms with Crippen LogP contribution in [0.2, 0.25) is 0 Å². The highest BCUT2D eigenvalue weighted by molar-refractivity contribution is 5.88. The number of β-lactam (4-membered cyclic amide) rings is 1. The van der Waals surface area contributed by atoms with E-state index in [0.717, 1.165) is 39.0 Å². The second kappa shape index (κ2) is 2.98. The van der Waals surface area contributed by atoms with Crippen LogP contribution in [0.25, 0.3) is 0 Å². The minimum Gasteiger partial charge on any atom is -0.341 e. The summed E-state index contributed by atoms with van der Waals surface area (Å²) in [6, 6.07) is 0. The van der Waals surface area contributed by atoms with E-state index in [2.05, 4.69) is 18.9 Å². The van der Waals surface area contributed by atoms with Crippen molar-refractivity contribution < 1.29 is 4.79 Å². The summed E-state index contributed by atoms with van der Waals surface area (Å²) >= 11 is 0. The molecule has 3 heteroatoms. The second-order valence-electron chi connectivity index (χ2n) is 4.40. The third kappa shape index (κ3) is 1.26. The maximum absolute atomic E-state index is 11.8. The number of amides is 1. The van der Waals surface area contributed by atoms with Gasteiger partial charge in [-0.1, -0.05) is 0 Å². The molecule has 2 aliphatic heterocycles. The van der Waals surface area contributed by atoms with Gasteiger partial charge in [-0.3, -0.25) is 4.79 Å². The Morgan fingerprint density at radius 2 is 2.00 bits per heavy atom. The van der Waals surface area contributed by atoms with E-state index in [1.807, 2.05) is 4.90 Å². The zero-order chi connectivity index (χ0) is 9.47. The molecule has 0 aromatic rings. The van der Waals surface area contributed by atoms with Crippen LogP contribution < -0.4 is 0 Å². The Hall–Kier alpha value is -0.570. The summed E-state index contributed by atoms with van der Waals surface area (Å²) in [6.45, 7) is 6.12. The van der Waals surface area contributed by atoms with Gasteiger partial charge in [0.1, 0.15) is 0 Å². The molecular weight excluding hydrogens is 164 g/mol. The minimum absolute atomic E-state index is 0.0581. The van der Waals surface area contributed by atoms with Crippen LogP contribution in [0.4, 0.5) is 0 Å². The number of carbonyl (C=O) groups is 1. The molecule has 0 atom stereocenters. The molecule has 0 unspecified atom stereocenters. The number of hydrogen-bond donors (Lipinski definition) is 0. The van der Waals surface area contributed by atoms with E-state index in [0.29, 0.717) is 5.91 Å². The Labute approximate surface area is 79.7 Å².